The van der Waals surface area contributed by atoms with E-state index in [9.17, 15) is 9.18 Å². The normalized spacial score (nSPS) is 12.1. The summed E-state index contributed by atoms with van der Waals surface area (Å²) in [4.78, 5) is 11.9. The zero-order valence-corrected chi connectivity index (χ0v) is 15.5. The van der Waals surface area contributed by atoms with Crippen LogP contribution in [0.3, 0.4) is 0 Å². The summed E-state index contributed by atoms with van der Waals surface area (Å²) < 4.78 is 19.4. The molecule has 1 aromatic carbocycles. The van der Waals surface area contributed by atoms with Crippen molar-refractivity contribution in [3.05, 3.63) is 28.5 Å². The van der Waals surface area contributed by atoms with Gasteiger partial charge in [0, 0.05) is 17.9 Å². The molecule has 23 heavy (non-hydrogen) atoms. The van der Waals surface area contributed by atoms with E-state index in [0.717, 1.165) is 6.42 Å². The molecule has 1 rings (SSSR count). The van der Waals surface area contributed by atoms with Gasteiger partial charge in [-0.15, -0.1) is 0 Å². The first-order valence-corrected chi connectivity index (χ1v) is 8.48. The van der Waals surface area contributed by atoms with E-state index < -0.39 is 5.82 Å². The predicted molar refractivity (Wildman–Crippen MR) is 96.6 cm³/mol. The Labute approximate surface area is 147 Å². The smallest absolute Gasteiger partial charge is 0.224 e. The highest BCUT2D eigenvalue weighted by atomic mass is 35.5. The molecular formula is C17H23ClFNO2S. The quantitative estimate of drug-likeness (QED) is 0.684. The number of halogens is 2. The zero-order chi connectivity index (χ0) is 17.6. The van der Waals surface area contributed by atoms with Gasteiger partial charge < -0.3 is 10.1 Å². The Morgan fingerprint density at radius 1 is 1.39 bits per heavy atom. The van der Waals surface area contributed by atoms with Gasteiger partial charge in [0.05, 0.1) is 11.8 Å². The minimum Gasteiger partial charge on any atom is -0.484 e. The third-order valence-corrected chi connectivity index (χ3v) is 3.94. The first-order chi connectivity index (χ1) is 10.7. The van der Waals surface area contributed by atoms with Crippen LogP contribution < -0.4 is 5.32 Å². The first kappa shape index (κ1) is 19.8. The van der Waals surface area contributed by atoms with Gasteiger partial charge in [-0.3, -0.25) is 4.79 Å². The SMILES string of the molecule is CCC(C)CC(=O)Nc1cc(CC(=S)OC(C)C)c(Cl)cc1F. The van der Waals surface area contributed by atoms with Crippen LogP contribution in [0, 0.1) is 11.7 Å². The van der Waals surface area contributed by atoms with Crippen LogP contribution >= 0.6 is 23.8 Å². The summed E-state index contributed by atoms with van der Waals surface area (Å²) in [5.41, 5.74) is 0.739. The second kappa shape index (κ2) is 9.18. The van der Waals surface area contributed by atoms with E-state index in [-0.39, 0.29) is 28.6 Å². The van der Waals surface area contributed by atoms with Gasteiger partial charge in [0.1, 0.15) is 5.82 Å². The van der Waals surface area contributed by atoms with Crippen molar-refractivity contribution < 1.29 is 13.9 Å². The molecule has 0 spiro atoms. The predicted octanol–water partition coefficient (Wildman–Crippen LogP) is 5.15. The zero-order valence-electron chi connectivity index (χ0n) is 13.9. The number of carbonyl (C=O) groups is 1. The number of anilines is 1. The van der Waals surface area contributed by atoms with Crippen molar-refractivity contribution in [1.82, 2.24) is 0 Å². The van der Waals surface area contributed by atoms with E-state index in [4.69, 9.17) is 28.6 Å². The Balaban J connectivity index is 2.87. The number of hydrogen-bond donors (Lipinski definition) is 1. The molecule has 3 nitrogen and oxygen atoms in total. The number of ether oxygens (including phenoxy) is 1. The largest absolute Gasteiger partial charge is 0.484 e. The molecule has 0 aromatic heterocycles. The third-order valence-electron chi connectivity index (χ3n) is 3.34. The minimum absolute atomic E-state index is 0.0311. The van der Waals surface area contributed by atoms with Crippen LogP contribution in [-0.2, 0) is 16.0 Å². The lowest BCUT2D eigenvalue weighted by molar-refractivity contribution is -0.117. The molecule has 0 saturated heterocycles. The molecule has 0 aliphatic carbocycles. The number of carbonyl (C=O) groups excluding carboxylic acids is 1. The number of amides is 1. The van der Waals surface area contributed by atoms with E-state index in [1.807, 2.05) is 27.7 Å². The maximum atomic E-state index is 14.0. The number of rotatable bonds is 7. The molecule has 0 radical (unpaired) electrons. The highest BCUT2D eigenvalue weighted by molar-refractivity contribution is 7.80. The molecule has 0 aliphatic heterocycles. The van der Waals surface area contributed by atoms with Gasteiger partial charge in [0.15, 0.2) is 5.05 Å². The molecular weight excluding hydrogens is 337 g/mol. The van der Waals surface area contributed by atoms with Gasteiger partial charge in [-0.05, 0) is 49.7 Å². The molecule has 1 amide bonds. The molecule has 128 valence electrons. The second-order valence-electron chi connectivity index (χ2n) is 5.90. The summed E-state index contributed by atoms with van der Waals surface area (Å²) in [6, 6.07) is 2.70. The summed E-state index contributed by atoms with van der Waals surface area (Å²) in [6.45, 7) is 7.73. The third kappa shape index (κ3) is 6.83. The van der Waals surface area contributed by atoms with Crippen molar-refractivity contribution in [2.45, 2.75) is 53.1 Å². The Bertz CT molecular complexity index is 578. The lowest BCUT2D eigenvalue weighted by atomic mass is 10.0. The number of nitrogens with one attached hydrogen (secondary N) is 1. The molecule has 0 saturated carbocycles. The van der Waals surface area contributed by atoms with E-state index in [0.29, 0.717) is 23.5 Å². The number of thiocarbonyl (C=S) groups is 1. The average molecular weight is 360 g/mol. The van der Waals surface area contributed by atoms with Crippen molar-refractivity contribution in [1.29, 1.82) is 0 Å². The molecule has 0 aliphatic rings. The summed E-state index contributed by atoms with van der Waals surface area (Å²) >= 11 is 11.2. The molecule has 0 heterocycles. The topological polar surface area (TPSA) is 38.3 Å². The van der Waals surface area contributed by atoms with Crippen LogP contribution in [0.25, 0.3) is 0 Å². The average Bonchev–Trinajstić information content (AvgIpc) is 2.42. The summed E-state index contributed by atoms with van der Waals surface area (Å²) in [6.07, 6.45) is 1.50. The lowest BCUT2D eigenvalue weighted by Gasteiger charge is -2.14. The highest BCUT2D eigenvalue weighted by Crippen LogP contribution is 2.26. The maximum Gasteiger partial charge on any atom is 0.224 e. The van der Waals surface area contributed by atoms with Crippen molar-refractivity contribution in [2.75, 3.05) is 5.32 Å². The second-order valence-corrected chi connectivity index (χ2v) is 6.77. The summed E-state index contributed by atoms with van der Waals surface area (Å²) in [7, 11) is 0. The molecule has 0 fully saturated rings. The molecule has 1 N–H and O–H groups in total. The Morgan fingerprint density at radius 3 is 2.61 bits per heavy atom. The van der Waals surface area contributed by atoms with E-state index in [2.05, 4.69) is 5.32 Å². The molecule has 6 heteroatoms. The Hall–Kier alpha value is -1.20. The van der Waals surface area contributed by atoms with Gasteiger partial charge in [-0.25, -0.2) is 4.39 Å². The van der Waals surface area contributed by atoms with Crippen LogP contribution in [0.4, 0.5) is 10.1 Å². The van der Waals surface area contributed by atoms with Crippen LogP contribution in [0.1, 0.15) is 46.1 Å². The van der Waals surface area contributed by atoms with Gasteiger partial charge >= 0.3 is 0 Å². The van der Waals surface area contributed by atoms with Crippen LogP contribution in [0.2, 0.25) is 5.02 Å². The molecule has 0 bridgehead atoms. The van der Waals surface area contributed by atoms with E-state index in [1.165, 1.54) is 12.1 Å². The van der Waals surface area contributed by atoms with Gasteiger partial charge in [-0.2, -0.15) is 0 Å². The summed E-state index contributed by atoms with van der Waals surface area (Å²) in [5.74, 6) is -0.531. The maximum absolute atomic E-state index is 14.0. The van der Waals surface area contributed by atoms with Gasteiger partial charge in [0.2, 0.25) is 5.91 Å². The first-order valence-electron chi connectivity index (χ1n) is 7.70. The molecule has 1 unspecified atom stereocenters. The van der Waals surface area contributed by atoms with Crippen LogP contribution in [-0.4, -0.2) is 17.1 Å². The van der Waals surface area contributed by atoms with Crippen molar-refractivity contribution >= 4 is 40.5 Å². The van der Waals surface area contributed by atoms with E-state index in [1.54, 1.807) is 0 Å². The van der Waals surface area contributed by atoms with Gasteiger partial charge in [0.25, 0.3) is 0 Å². The molecule has 1 aromatic rings. The fraction of sp³-hybridized carbons (Fsp3) is 0.529. The monoisotopic (exact) mass is 359 g/mol. The van der Waals surface area contributed by atoms with Gasteiger partial charge in [-0.1, -0.05) is 31.9 Å². The summed E-state index contributed by atoms with van der Waals surface area (Å²) in [5, 5.41) is 3.24. The standard InChI is InChI=1S/C17H23ClFNO2S/c1-5-11(4)6-16(21)20-15-7-12(13(18)9-14(15)19)8-17(23)22-10(2)3/h7,9-11H,5-6,8H2,1-4H3,(H,20,21). The minimum atomic E-state index is -0.563. The van der Waals surface area contributed by atoms with E-state index >= 15 is 0 Å². The lowest BCUT2D eigenvalue weighted by Crippen LogP contribution is -2.16. The number of benzene rings is 1. The number of hydrogen-bond acceptors (Lipinski definition) is 3. The van der Waals surface area contributed by atoms with Crippen LogP contribution in [0.5, 0.6) is 0 Å². The Kier molecular flexibility index (Phi) is 7.92. The fourth-order valence-electron chi connectivity index (χ4n) is 1.95. The van der Waals surface area contributed by atoms with Crippen LogP contribution in [0.15, 0.2) is 12.1 Å². The van der Waals surface area contributed by atoms with Crippen molar-refractivity contribution in [3.63, 3.8) is 0 Å². The Morgan fingerprint density at radius 2 is 2.04 bits per heavy atom. The highest BCUT2D eigenvalue weighted by Gasteiger charge is 2.14. The van der Waals surface area contributed by atoms with Crippen molar-refractivity contribution in [2.24, 2.45) is 5.92 Å². The molecule has 1 atom stereocenters. The van der Waals surface area contributed by atoms with Crippen molar-refractivity contribution in [3.8, 4) is 0 Å². The fourth-order valence-corrected chi connectivity index (χ4v) is 2.51.